The molecule has 0 spiro atoms. The summed E-state index contributed by atoms with van der Waals surface area (Å²) in [5, 5.41) is 1.46. The van der Waals surface area contributed by atoms with Crippen molar-refractivity contribution in [2.75, 3.05) is 0 Å². The van der Waals surface area contributed by atoms with Gasteiger partial charge >= 0.3 is 0 Å². The molecule has 1 aliphatic rings. The monoisotopic (exact) mass is 243 g/mol. The Morgan fingerprint density at radius 1 is 1.40 bits per heavy atom. The van der Waals surface area contributed by atoms with Crippen molar-refractivity contribution in [1.82, 2.24) is 0 Å². The van der Waals surface area contributed by atoms with Crippen LogP contribution in [0.15, 0.2) is 18.2 Å². The highest BCUT2D eigenvalue weighted by molar-refractivity contribution is 6.35. The lowest BCUT2D eigenvalue weighted by Gasteiger charge is -2.13. The third-order valence-electron chi connectivity index (χ3n) is 3.22. The Hall–Kier alpha value is -0.240. The maximum atomic E-state index is 6.12. The molecular weight excluding hydrogens is 229 g/mol. The van der Waals surface area contributed by atoms with E-state index in [0.717, 1.165) is 27.9 Å². The summed E-state index contributed by atoms with van der Waals surface area (Å²) in [5.41, 5.74) is 7.11. The highest BCUT2D eigenvalue weighted by Gasteiger charge is 2.37. The Labute approximate surface area is 101 Å². The van der Waals surface area contributed by atoms with E-state index in [-0.39, 0.29) is 6.04 Å². The van der Waals surface area contributed by atoms with Crippen molar-refractivity contribution in [1.29, 1.82) is 0 Å². The average Bonchev–Trinajstić information content (AvgIpc) is 2.89. The van der Waals surface area contributed by atoms with Crippen molar-refractivity contribution < 1.29 is 0 Å². The first-order valence-corrected chi connectivity index (χ1v) is 6.03. The molecule has 1 nitrogen and oxygen atoms in total. The van der Waals surface area contributed by atoms with Gasteiger partial charge in [-0.05, 0) is 42.4 Å². The molecule has 2 N–H and O–H groups in total. The third-order valence-corrected chi connectivity index (χ3v) is 3.93. The Morgan fingerprint density at radius 2 is 1.93 bits per heavy atom. The average molecular weight is 244 g/mol. The molecule has 3 heteroatoms. The summed E-state index contributed by atoms with van der Waals surface area (Å²) in [6.07, 6.45) is 2.02. The standard InChI is InChI=1S/C12H15Cl2N/c1-7-5-8(7)12(15)6-9-10(13)3-2-4-11(9)14/h2-4,7-8,12H,5-6,15H2,1H3. The molecule has 15 heavy (non-hydrogen) atoms. The topological polar surface area (TPSA) is 26.0 Å². The largest absolute Gasteiger partial charge is 0.327 e. The molecule has 0 heterocycles. The second-order valence-corrected chi connectivity index (χ2v) is 5.26. The van der Waals surface area contributed by atoms with Gasteiger partial charge in [0.15, 0.2) is 0 Å². The summed E-state index contributed by atoms with van der Waals surface area (Å²) in [5.74, 6) is 1.42. The fourth-order valence-electron chi connectivity index (χ4n) is 2.06. The van der Waals surface area contributed by atoms with Crippen LogP contribution in [-0.2, 0) is 6.42 Å². The van der Waals surface area contributed by atoms with Gasteiger partial charge in [0.1, 0.15) is 0 Å². The molecule has 3 unspecified atom stereocenters. The molecule has 0 saturated heterocycles. The van der Waals surface area contributed by atoms with E-state index in [4.69, 9.17) is 28.9 Å². The zero-order valence-electron chi connectivity index (χ0n) is 8.71. The molecule has 1 aromatic rings. The Balaban J connectivity index is 2.10. The highest BCUT2D eigenvalue weighted by Crippen LogP contribution is 2.41. The van der Waals surface area contributed by atoms with Gasteiger partial charge in [0.25, 0.3) is 0 Å². The van der Waals surface area contributed by atoms with Crippen LogP contribution in [0.5, 0.6) is 0 Å². The van der Waals surface area contributed by atoms with Crippen molar-refractivity contribution in [3.63, 3.8) is 0 Å². The minimum atomic E-state index is 0.192. The number of nitrogens with two attached hydrogens (primary N) is 1. The Kier molecular flexibility index (Phi) is 3.24. The van der Waals surface area contributed by atoms with E-state index in [2.05, 4.69) is 6.92 Å². The van der Waals surface area contributed by atoms with Crippen LogP contribution in [0.25, 0.3) is 0 Å². The van der Waals surface area contributed by atoms with E-state index in [1.54, 1.807) is 0 Å². The molecule has 1 fully saturated rings. The molecule has 0 aromatic heterocycles. The molecule has 1 aromatic carbocycles. The van der Waals surface area contributed by atoms with Crippen LogP contribution in [0.1, 0.15) is 18.9 Å². The predicted octanol–water partition coefficient (Wildman–Crippen LogP) is 3.52. The molecule has 1 saturated carbocycles. The molecule has 0 radical (unpaired) electrons. The van der Waals surface area contributed by atoms with Gasteiger partial charge in [0.2, 0.25) is 0 Å². The summed E-state index contributed by atoms with van der Waals surface area (Å²) in [6, 6.07) is 5.79. The summed E-state index contributed by atoms with van der Waals surface area (Å²) in [6.45, 7) is 2.23. The van der Waals surface area contributed by atoms with Gasteiger partial charge in [0, 0.05) is 16.1 Å². The first kappa shape index (κ1) is 11.3. The zero-order valence-corrected chi connectivity index (χ0v) is 10.2. The van der Waals surface area contributed by atoms with Crippen LogP contribution in [0.2, 0.25) is 10.0 Å². The first-order chi connectivity index (χ1) is 7.09. The summed E-state index contributed by atoms with van der Waals surface area (Å²) in [4.78, 5) is 0. The van der Waals surface area contributed by atoms with E-state index in [9.17, 15) is 0 Å². The minimum Gasteiger partial charge on any atom is -0.327 e. The van der Waals surface area contributed by atoms with Gasteiger partial charge < -0.3 is 5.73 Å². The lowest BCUT2D eigenvalue weighted by molar-refractivity contribution is 0.560. The second-order valence-electron chi connectivity index (χ2n) is 4.45. The van der Waals surface area contributed by atoms with Gasteiger partial charge in [-0.15, -0.1) is 0 Å². The molecule has 2 rings (SSSR count). The quantitative estimate of drug-likeness (QED) is 0.864. The van der Waals surface area contributed by atoms with Crippen molar-refractivity contribution in [2.45, 2.75) is 25.8 Å². The number of benzene rings is 1. The van der Waals surface area contributed by atoms with E-state index >= 15 is 0 Å². The lowest BCUT2D eigenvalue weighted by atomic mass is 10.0. The van der Waals surface area contributed by atoms with Gasteiger partial charge in [-0.1, -0.05) is 36.2 Å². The normalized spacial score (nSPS) is 26.4. The SMILES string of the molecule is CC1CC1C(N)Cc1c(Cl)cccc1Cl. The Bertz CT molecular complexity index is 344. The fraction of sp³-hybridized carbons (Fsp3) is 0.500. The second kappa shape index (κ2) is 4.32. The summed E-state index contributed by atoms with van der Waals surface area (Å²) >= 11 is 12.2. The van der Waals surface area contributed by atoms with Crippen LogP contribution in [0.3, 0.4) is 0 Å². The molecule has 3 atom stereocenters. The van der Waals surface area contributed by atoms with E-state index < -0.39 is 0 Å². The molecule has 82 valence electrons. The van der Waals surface area contributed by atoms with Gasteiger partial charge in [0.05, 0.1) is 0 Å². The summed E-state index contributed by atoms with van der Waals surface area (Å²) < 4.78 is 0. The molecule has 0 amide bonds. The van der Waals surface area contributed by atoms with Gasteiger partial charge in [-0.3, -0.25) is 0 Å². The van der Waals surface area contributed by atoms with Crippen molar-refractivity contribution in [3.05, 3.63) is 33.8 Å². The third kappa shape index (κ3) is 2.47. The number of rotatable bonds is 3. The van der Waals surface area contributed by atoms with E-state index in [0.29, 0.717) is 5.92 Å². The van der Waals surface area contributed by atoms with Crippen LogP contribution >= 0.6 is 23.2 Å². The Morgan fingerprint density at radius 3 is 2.40 bits per heavy atom. The number of hydrogen-bond donors (Lipinski definition) is 1. The maximum Gasteiger partial charge on any atom is 0.0453 e. The van der Waals surface area contributed by atoms with Crippen LogP contribution in [0.4, 0.5) is 0 Å². The zero-order chi connectivity index (χ0) is 11.0. The van der Waals surface area contributed by atoms with E-state index in [1.807, 2.05) is 18.2 Å². The van der Waals surface area contributed by atoms with Crippen molar-refractivity contribution in [2.24, 2.45) is 17.6 Å². The van der Waals surface area contributed by atoms with Crippen molar-refractivity contribution >= 4 is 23.2 Å². The highest BCUT2D eigenvalue weighted by atomic mass is 35.5. The van der Waals surface area contributed by atoms with E-state index in [1.165, 1.54) is 6.42 Å². The predicted molar refractivity (Wildman–Crippen MR) is 65.4 cm³/mol. The number of halogens is 2. The smallest absolute Gasteiger partial charge is 0.0453 e. The lowest BCUT2D eigenvalue weighted by Crippen LogP contribution is -2.26. The van der Waals surface area contributed by atoms with Crippen LogP contribution in [-0.4, -0.2) is 6.04 Å². The number of hydrogen-bond acceptors (Lipinski definition) is 1. The van der Waals surface area contributed by atoms with Crippen LogP contribution in [0, 0.1) is 11.8 Å². The van der Waals surface area contributed by atoms with Crippen LogP contribution < -0.4 is 5.73 Å². The molecular formula is C12H15Cl2N. The molecule has 0 aliphatic heterocycles. The first-order valence-electron chi connectivity index (χ1n) is 5.28. The fourth-order valence-corrected chi connectivity index (χ4v) is 2.61. The summed E-state index contributed by atoms with van der Waals surface area (Å²) in [7, 11) is 0. The van der Waals surface area contributed by atoms with Gasteiger partial charge in [-0.2, -0.15) is 0 Å². The molecule has 1 aliphatic carbocycles. The maximum absolute atomic E-state index is 6.12. The minimum absolute atomic E-state index is 0.192. The van der Waals surface area contributed by atoms with Gasteiger partial charge in [-0.25, -0.2) is 0 Å². The van der Waals surface area contributed by atoms with Crippen molar-refractivity contribution in [3.8, 4) is 0 Å². The molecule has 0 bridgehead atoms.